The Kier molecular flexibility index (Phi) is 5.53. The van der Waals surface area contributed by atoms with E-state index in [1.165, 1.54) is 0 Å². The summed E-state index contributed by atoms with van der Waals surface area (Å²) in [6.45, 7) is 4.18. The minimum atomic E-state index is -0.367. The Balaban J connectivity index is 2.03. The molecule has 25 heavy (non-hydrogen) atoms. The number of benzene rings is 1. The van der Waals surface area contributed by atoms with E-state index in [9.17, 15) is 4.79 Å². The van der Waals surface area contributed by atoms with Crippen LogP contribution >= 0.6 is 35.4 Å². The first-order chi connectivity index (χ1) is 11.9. The fourth-order valence-corrected chi connectivity index (χ4v) is 3.55. The maximum Gasteiger partial charge on any atom is 0.254 e. The number of allylic oxidation sites excluding steroid dienone is 1. The summed E-state index contributed by atoms with van der Waals surface area (Å²) in [4.78, 5) is 16.8. The normalized spacial score (nSPS) is 21.4. The van der Waals surface area contributed by atoms with Gasteiger partial charge in [0.15, 0.2) is 5.11 Å². The predicted octanol–water partition coefficient (Wildman–Crippen LogP) is 2.99. The lowest BCUT2D eigenvalue weighted by Gasteiger charge is -2.38. The first-order valence-electron chi connectivity index (χ1n) is 7.97. The quantitative estimate of drug-likeness (QED) is 0.774. The summed E-state index contributed by atoms with van der Waals surface area (Å²) in [5.74, 6) is -0.0151. The Hall–Kier alpha value is -1.34. The first-order valence-corrected chi connectivity index (χ1v) is 9.13. The van der Waals surface area contributed by atoms with Crippen molar-refractivity contribution in [2.75, 3.05) is 33.4 Å². The number of amides is 1. The first kappa shape index (κ1) is 18.5. The van der Waals surface area contributed by atoms with Gasteiger partial charge in [-0.3, -0.25) is 4.79 Å². The van der Waals surface area contributed by atoms with Gasteiger partial charge in [0, 0.05) is 25.8 Å². The predicted molar refractivity (Wildman–Crippen MR) is 103 cm³/mol. The molecule has 0 unspecified atom stereocenters. The lowest BCUT2D eigenvalue weighted by Crippen LogP contribution is -2.50. The van der Waals surface area contributed by atoms with Crippen LogP contribution in [0.25, 0.3) is 0 Å². The van der Waals surface area contributed by atoms with Gasteiger partial charge in [-0.05, 0) is 36.8 Å². The molecule has 2 aliphatic rings. The number of nitrogens with zero attached hydrogens (tertiary/aromatic N) is 2. The number of nitrogens with one attached hydrogen (secondary N) is 1. The van der Waals surface area contributed by atoms with Crippen molar-refractivity contribution in [3.63, 3.8) is 0 Å². The number of thiocarbonyl (C=S) groups is 1. The van der Waals surface area contributed by atoms with Gasteiger partial charge in [-0.15, -0.1) is 0 Å². The number of morpholine rings is 1. The summed E-state index contributed by atoms with van der Waals surface area (Å²) in [6.07, 6.45) is 0. The summed E-state index contributed by atoms with van der Waals surface area (Å²) in [7, 11) is 1.85. The smallest absolute Gasteiger partial charge is 0.254 e. The molecule has 5 nitrogen and oxygen atoms in total. The van der Waals surface area contributed by atoms with Crippen LogP contribution in [0.15, 0.2) is 29.5 Å². The molecule has 1 saturated heterocycles. The van der Waals surface area contributed by atoms with E-state index < -0.39 is 0 Å². The number of rotatable bonds is 2. The molecule has 0 aliphatic carbocycles. The van der Waals surface area contributed by atoms with Gasteiger partial charge in [0.2, 0.25) is 0 Å². The maximum atomic E-state index is 13.2. The third-order valence-electron chi connectivity index (χ3n) is 4.56. The van der Waals surface area contributed by atoms with Gasteiger partial charge in [0.1, 0.15) is 0 Å². The van der Waals surface area contributed by atoms with Gasteiger partial charge >= 0.3 is 0 Å². The molecule has 0 bridgehead atoms. The van der Waals surface area contributed by atoms with Crippen molar-refractivity contribution in [3.8, 4) is 0 Å². The Labute approximate surface area is 162 Å². The van der Waals surface area contributed by atoms with Crippen LogP contribution in [0.3, 0.4) is 0 Å². The lowest BCUT2D eigenvalue weighted by atomic mass is 9.94. The summed E-state index contributed by atoms with van der Waals surface area (Å²) in [5, 5.41) is 4.73. The Morgan fingerprint density at radius 3 is 2.60 bits per heavy atom. The molecule has 1 N–H and O–H groups in total. The highest BCUT2D eigenvalue weighted by molar-refractivity contribution is 7.80. The molecule has 0 spiro atoms. The van der Waals surface area contributed by atoms with Gasteiger partial charge in [-0.1, -0.05) is 29.3 Å². The fourth-order valence-electron chi connectivity index (χ4n) is 2.99. The second-order valence-corrected chi connectivity index (χ2v) is 7.22. The monoisotopic (exact) mass is 399 g/mol. The summed E-state index contributed by atoms with van der Waals surface area (Å²) in [6, 6.07) is 5.00. The summed E-state index contributed by atoms with van der Waals surface area (Å²) in [5.41, 5.74) is 2.34. The van der Waals surface area contributed by atoms with Crippen LogP contribution in [0.2, 0.25) is 10.0 Å². The zero-order chi connectivity index (χ0) is 18.1. The number of carbonyl (C=O) groups excluding carboxylic acids is 1. The van der Waals surface area contributed by atoms with Crippen LogP contribution in [-0.4, -0.2) is 54.2 Å². The van der Waals surface area contributed by atoms with Gasteiger partial charge in [0.05, 0.1) is 34.9 Å². The van der Waals surface area contributed by atoms with E-state index in [-0.39, 0.29) is 11.9 Å². The molecule has 2 aliphatic heterocycles. The highest BCUT2D eigenvalue weighted by Crippen LogP contribution is 2.34. The number of carbonyl (C=O) groups is 1. The summed E-state index contributed by atoms with van der Waals surface area (Å²) >= 11 is 17.6. The van der Waals surface area contributed by atoms with E-state index in [1.807, 2.05) is 29.8 Å². The van der Waals surface area contributed by atoms with E-state index in [0.29, 0.717) is 47.0 Å². The van der Waals surface area contributed by atoms with E-state index >= 15 is 0 Å². The minimum Gasteiger partial charge on any atom is -0.378 e. The van der Waals surface area contributed by atoms with Crippen LogP contribution in [0, 0.1) is 0 Å². The standard InChI is InChI=1S/C17H19Cl2N3O2S/c1-10-14(16(23)22-5-7-24-8-6-22)15(20-17(25)21(10)2)11-3-4-12(18)13(19)9-11/h3-4,9,15H,5-8H2,1-2H3,(H,20,25)/t15-/m0/s1. The zero-order valence-corrected chi connectivity index (χ0v) is 16.3. The molecule has 8 heteroatoms. The van der Waals surface area contributed by atoms with Crippen LogP contribution < -0.4 is 5.32 Å². The Morgan fingerprint density at radius 2 is 1.96 bits per heavy atom. The largest absolute Gasteiger partial charge is 0.378 e. The van der Waals surface area contributed by atoms with Crippen molar-refractivity contribution in [1.82, 2.24) is 15.1 Å². The molecule has 1 aromatic rings. The molecule has 134 valence electrons. The van der Waals surface area contributed by atoms with Gasteiger partial charge in [-0.2, -0.15) is 0 Å². The molecule has 3 rings (SSSR count). The van der Waals surface area contributed by atoms with Crippen molar-refractivity contribution in [3.05, 3.63) is 45.1 Å². The highest BCUT2D eigenvalue weighted by Gasteiger charge is 2.35. The number of hydrogen-bond donors (Lipinski definition) is 1. The Bertz CT molecular complexity index is 747. The molecule has 0 radical (unpaired) electrons. The highest BCUT2D eigenvalue weighted by atomic mass is 35.5. The van der Waals surface area contributed by atoms with Crippen LogP contribution in [-0.2, 0) is 9.53 Å². The zero-order valence-electron chi connectivity index (χ0n) is 14.0. The molecular formula is C17H19Cl2N3O2S. The second-order valence-electron chi connectivity index (χ2n) is 6.02. The van der Waals surface area contributed by atoms with Crippen molar-refractivity contribution >= 4 is 46.4 Å². The van der Waals surface area contributed by atoms with E-state index in [4.69, 9.17) is 40.2 Å². The molecule has 0 saturated carbocycles. The van der Waals surface area contributed by atoms with Crippen LogP contribution in [0.5, 0.6) is 0 Å². The number of ether oxygens (including phenoxy) is 1. The topological polar surface area (TPSA) is 44.8 Å². The molecule has 1 amide bonds. The van der Waals surface area contributed by atoms with E-state index in [0.717, 1.165) is 11.3 Å². The molecule has 1 aromatic carbocycles. The van der Waals surface area contributed by atoms with Crippen molar-refractivity contribution in [2.45, 2.75) is 13.0 Å². The molecule has 1 atom stereocenters. The van der Waals surface area contributed by atoms with Gasteiger partial charge in [0.25, 0.3) is 5.91 Å². The SMILES string of the molecule is CC1=C(C(=O)N2CCOCC2)[C@H](c2ccc(Cl)c(Cl)c2)NC(=S)N1C. The van der Waals surface area contributed by atoms with Crippen molar-refractivity contribution in [2.24, 2.45) is 0 Å². The Morgan fingerprint density at radius 1 is 1.28 bits per heavy atom. The lowest BCUT2D eigenvalue weighted by molar-refractivity contribution is -0.131. The molecular weight excluding hydrogens is 381 g/mol. The molecule has 0 aromatic heterocycles. The third-order valence-corrected chi connectivity index (χ3v) is 5.69. The molecule has 2 heterocycles. The summed E-state index contributed by atoms with van der Waals surface area (Å²) < 4.78 is 5.35. The number of halogens is 2. The van der Waals surface area contributed by atoms with Crippen molar-refractivity contribution in [1.29, 1.82) is 0 Å². The van der Waals surface area contributed by atoms with Gasteiger partial charge in [-0.25, -0.2) is 0 Å². The van der Waals surface area contributed by atoms with Crippen LogP contribution in [0.1, 0.15) is 18.5 Å². The van der Waals surface area contributed by atoms with E-state index in [2.05, 4.69) is 5.32 Å². The fraction of sp³-hybridized carbons (Fsp3) is 0.412. The number of hydrogen-bond acceptors (Lipinski definition) is 3. The van der Waals surface area contributed by atoms with Crippen LogP contribution in [0.4, 0.5) is 0 Å². The van der Waals surface area contributed by atoms with Gasteiger partial charge < -0.3 is 19.9 Å². The van der Waals surface area contributed by atoms with Crippen molar-refractivity contribution < 1.29 is 9.53 Å². The minimum absolute atomic E-state index is 0.0151. The maximum absolute atomic E-state index is 13.2. The van der Waals surface area contributed by atoms with E-state index in [1.54, 1.807) is 12.1 Å². The third kappa shape index (κ3) is 3.62. The average Bonchev–Trinajstić information content (AvgIpc) is 2.62. The average molecular weight is 400 g/mol. The second kappa shape index (κ2) is 7.50. The molecule has 1 fully saturated rings.